The molecule has 4 nitrogen and oxygen atoms in total. The van der Waals surface area contributed by atoms with Gasteiger partial charge in [0.25, 0.3) is 0 Å². The van der Waals surface area contributed by atoms with Crippen LogP contribution in [-0.2, 0) is 19.7 Å². The van der Waals surface area contributed by atoms with Crippen LogP contribution >= 0.6 is 0 Å². The van der Waals surface area contributed by atoms with Crippen molar-refractivity contribution in [2.45, 2.75) is 24.3 Å². The quantitative estimate of drug-likeness (QED) is 0.658. The van der Waals surface area contributed by atoms with E-state index < -0.39 is 24.3 Å². The van der Waals surface area contributed by atoms with Crippen LogP contribution in [0.25, 0.3) is 0 Å². The standard InChI is InChI=1S/C6H12O4S2/c1-2-4-11(7,8)6-3-5-12(6,9)10/h6H,2-5H2,1H3. The van der Waals surface area contributed by atoms with E-state index >= 15 is 0 Å². The molecule has 1 saturated heterocycles. The van der Waals surface area contributed by atoms with Crippen molar-refractivity contribution >= 4 is 19.7 Å². The van der Waals surface area contributed by atoms with Gasteiger partial charge in [0.2, 0.25) is 0 Å². The molecule has 1 aliphatic rings. The van der Waals surface area contributed by atoms with Gasteiger partial charge in [0.1, 0.15) is 0 Å². The summed E-state index contributed by atoms with van der Waals surface area (Å²) in [6, 6.07) is 0. The van der Waals surface area contributed by atoms with Gasteiger partial charge in [0, 0.05) is 0 Å². The van der Waals surface area contributed by atoms with Gasteiger partial charge in [0.05, 0.1) is 11.5 Å². The molecule has 6 heteroatoms. The third kappa shape index (κ3) is 1.64. The van der Waals surface area contributed by atoms with E-state index in [1.54, 1.807) is 6.92 Å². The third-order valence-corrected chi connectivity index (χ3v) is 7.54. The summed E-state index contributed by atoms with van der Waals surface area (Å²) in [6.45, 7) is 1.73. The fraction of sp³-hybridized carbons (Fsp3) is 1.00. The average molecular weight is 212 g/mol. The lowest BCUT2D eigenvalue weighted by Gasteiger charge is -2.25. The van der Waals surface area contributed by atoms with Crippen LogP contribution in [0.1, 0.15) is 19.8 Å². The molecule has 0 aromatic carbocycles. The highest BCUT2D eigenvalue weighted by molar-refractivity contribution is 8.10. The van der Waals surface area contributed by atoms with E-state index in [2.05, 4.69) is 0 Å². The van der Waals surface area contributed by atoms with Crippen molar-refractivity contribution in [1.29, 1.82) is 0 Å². The highest BCUT2D eigenvalue weighted by atomic mass is 32.3. The van der Waals surface area contributed by atoms with Gasteiger partial charge in [0.15, 0.2) is 24.3 Å². The Labute approximate surface area is 72.8 Å². The second-order valence-corrected chi connectivity index (χ2v) is 7.86. The lowest BCUT2D eigenvalue weighted by Crippen LogP contribution is -2.43. The third-order valence-electron chi connectivity index (χ3n) is 1.93. The van der Waals surface area contributed by atoms with E-state index in [4.69, 9.17) is 0 Å². The Bertz CT molecular complexity index is 351. The molecule has 1 fully saturated rings. The predicted molar refractivity (Wildman–Crippen MR) is 46.3 cm³/mol. The van der Waals surface area contributed by atoms with Crippen LogP contribution in [0.5, 0.6) is 0 Å². The molecule has 1 rings (SSSR count). The van der Waals surface area contributed by atoms with E-state index in [0.717, 1.165) is 0 Å². The van der Waals surface area contributed by atoms with Crippen LogP contribution in [0, 0.1) is 0 Å². The second-order valence-electron chi connectivity index (χ2n) is 2.95. The summed E-state index contributed by atoms with van der Waals surface area (Å²) in [7, 11) is -6.66. The van der Waals surface area contributed by atoms with Gasteiger partial charge in [-0.15, -0.1) is 0 Å². The number of sulfone groups is 2. The molecule has 1 unspecified atom stereocenters. The van der Waals surface area contributed by atoms with Crippen LogP contribution in [0.15, 0.2) is 0 Å². The molecule has 1 heterocycles. The summed E-state index contributed by atoms with van der Waals surface area (Å²) < 4.78 is 43.3. The molecule has 0 aromatic rings. The molecule has 0 aromatic heterocycles. The Morgan fingerprint density at radius 2 is 2.00 bits per heavy atom. The number of hydrogen-bond acceptors (Lipinski definition) is 4. The molecule has 0 saturated carbocycles. The van der Waals surface area contributed by atoms with E-state index in [9.17, 15) is 16.8 Å². The average Bonchev–Trinajstić information content (AvgIpc) is 1.84. The first kappa shape index (κ1) is 9.98. The highest BCUT2D eigenvalue weighted by Gasteiger charge is 2.44. The largest absolute Gasteiger partial charge is 0.227 e. The van der Waals surface area contributed by atoms with E-state index in [-0.39, 0.29) is 17.9 Å². The summed E-state index contributed by atoms with van der Waals surface area (Å²) in [4.78, 5) is 0. The molecule has 0 spiro atoms. The summed E-state index contributed by atoms with van der Waals surface area (Å²) in [5, 5.41) is 0. The molecule has 72 valence electrons. The SMILES string of the molecule is CCCS(=O)(=O)C1CCS1(=O)=O. The first-order valence-corrected chi connectivity index (χ1v) is 7.26. The van der Waals surface area contributed by atoms with Crippen molar-refractivity contribution in [3.8, 4) is 0 Å². The summed E-state index contributed by atoms with van der Waals surface area (Å²) in [5.41, 5.74) is 0. The molecular formula is C6H12O4S2. The number of rotatable bonds is 3. The Morgan fingerprint density at radius 3 is 2.25 bits per heavy atom. The maximum absolute atomic E-state index is 11.2. The summed E-state index contributed by atoms with van der Waals surface area (Å²) in [5.74, 6) is 0.0114. The van der Waals surface area contributed by atoms with Gasteiger partial charge < -0.3 is 0 Å². The van der Waals surface area contributed by atoms with Crippen LogP contribution in [0.4, 0.5) is 0 Å². The van der Waals surface area contributed by atoms with Gasteiger partial charge in [-0.25, -0.2) is 16.8 Å². The van der Waals surface area contributed by atoms with Gasteiger partial charge in [-0.05, 0) is 12.8 Å². The van der Waals surface area contributed by atoms with Crippen LogP contribution < -0.4 is 0 Å². The minimum Gasteiger partial charge on any atom is -0.227 e. The van der Waals surface area contributed by atoms with Crippen molar-refractivity contribution in [3.05, 3.63) is 0 Å². The smallest absolute Gasteiger partial charge is 0.167 e. The van der Waals surface area contributed by atoms with Crippen LogP contribution in [-0.4, -0.2) is 32.9 Å². The minimum absolute atomic E-state index is 0.0170. The van der Waals surface area contributed by atoms with E-state index in [1.165, 1.54) is 0 Å². The van der Waals surface area contributed by atoms with Gasteiger partial charge in [-0.3, -0.25) is 0 Å². The monoisotopic (exact) mass is 212 g/mol. The summed E-state index contributed by atoms with van der Waals surface area (Å²) >= 11 is 0. The maximum Gasteiger partial charge on any atom is 0.167 e. The summed E-state index contributed by atoms with van der Waals surface area (Å²) in [6.07, 6.45) is 0.763. The molecule has 0 radical (unpaired) electrons. The fourth-order valence-electron chi connectivity index (χ4n) is 1.23. The van der Waals surface area contributed by atoms with Crippen molar-refractivity contribution in [3.63, 3.8) is 0 Å². The van der Waals surface area contributed by atoms with Crippen molar-refractivity contribution in [2.75, 3.05) is 11.5 Å². The predicted octanol–water partition coefficient (Wildman–Crippen LogP) is -0.0442. The second kappa shape index (κ2) is 2.99. The van der Waals surface area contributed by atoms with Crippen molar-refractivity contribution < 1.29 is 16.8 Å². The van der Waals surface area contributed by atoms with Gasteiger partial charge in [-0.2, -0.15) is 0 Å². The molecular weight excluding hydrogens is 200 g/mol. The van der Waals surface area contributed by atoms with Gasteiger partial charge >= 0.3 is 0 Å². The first-order chi connectivity index (χ1) is 5.40. The zero-order valence-electron chi connectivity index (χ0n) is 6.86. The Morgan fingerprint density at radius 1 is 1.42 bits per heavy atom. The molecule has 1 aliphatic heterocycles. The Hall–Kier alpha value is -0.100. The minimum atomic E-state index is -3.37. The molecule has 0 aliphatic carbocycles. The van der Waals surface area contributed by atoms with Gasteiger partial charge in [-0.1, -0.05) is 6.92 Å². The topological polar surface area (TPSA) is 68.3 Å². The molecule has 0 N–H and O–H groups in total. The molecule has 0 bridgehead atoms. The zero-order valence-corrected chi connectivity index (χ0v) is 8.49. The fourth-order valence-corrected chi connectivity index (χ4v) is 5.88. The zero-order chi connectivity index (χ0) is 9.41. The van der Waals surface area contributed by atoms with Crippen LogP contribution in [0.3, 0.4) is 0 Å². The van der Waals surface area contributed by atoms with E-state index in [1.807, 2.05) is 0 Å². The molecule has 1 atom stereocenters. The van der Waals surface area contributed by atoms with E-state index in [0.29, 0.717) is 6.42 Å². The molecule has 12 heavy (non-hydrogen) atoms. The Balaban J connectivity index is 2.86. The highest BCUT2D eigenvalue weighted by Crippen LogP contribution is 2.26. The Kier molecular flexibility index (Phi) is 2.49. The lowest BCUT2D eigenvalue weighted by atomic mass is 10.5. The normalized spacial score (nSPS) is 27.9. The number of hydrogen-bond donors (Lipinski definition) is 0. The van der Waals surface area contributed by atoms with Crippen molar-refractivity contribution in [1.82, 2.24) is 0 Å². The van der Waals surface area contributed by atoms with Crippen LogP contribution in [0.2, 0.25) is 0 Å². The first-order valence-electron chi connectivity index (χ1n) is 3.83. The molecule has 0 amide bonds. The maximum atomic E-state index is 11.2. The van der Waals surface area contributed by atoms with Crippen molar-refractivity contribution in [2.24, 2.45) is 0 Å². The lowest BCUT2D eigenvalue weighted by molar-refractivity contribution is 0.554.